The highest BCUT2D eigenvalue weighted by molar-refractivity contribution is 5.90. The molecule has 0 unspecified atom stereocenters. The fraction of sp³-hybridized carbons (Fsp3) is 0.892. The van der Waals surface area contributed by atoms with Crippen LogP contribution < -0.4 is 10.6 Å². The first-order valence-corrected chi connectivity index (χ1v) is 19.3. The zero-order chi connectivity index (χ0) is 41.0. The Bertz CT molecular complexity index is 918. The molecule has 19 heteroatoms. The van der Waals surface area contributed by atoms with Gasteiger partial charge < -0.3 is 72.2 Å². The van der Waals surface area contributed by atoms with Gasteiger partial charge in [0.2, 0.25) is 11.8 Å². The van der Waals surface area contributed by atoms with Crippen molar-refractivity contribution < 1.29 is 80.8 Å². The van der Waals surface area contributed by atoms with Crippen LogP contribution in [-0.4, -0.2) is 209 Å². The minimum absolute atomic E-state index is 0.0708. The second-order valence-corrected chi connectivity index (χ2v) is 11.8. The number of carbonyl (C=O) groups is 4. The van der Waals surface area contributed by atoms with Crippen molar-refractivity contribution in [3.8, 4) is 0 Å². The minimum Gasteiger partial charge on any atom is -0.379 e. The molecule has 0 aromatic heterocycles. The lowest BCUT2D eigenvalue weighted by molar-refractivity contribution is -0.134. The first kappa shape index (κ1) is 53.8. The van der Waals surface area contributed by atoms with Gasteiger partial charge in [-0.2, -0.15) is 0 Å². The molecule has 2 amide bonds. The molecule has 330 valence electrons. The number of ketones is 2. The molecule has 19 nitrogen and oxygen atoms in total. The van der Waals surface area contributed by atoms with E-state index < -0.39 is 5.92 Å². The van der Waals surface area contributed by atoms with Gasteiger partial charge in [-0.3, -0.25) is 19.2 Å². The SMILES string of the molecule is CNC(=O)C[C@H](CC(=O)COC)C(=O)NCCOCCOCCOCCOCCOCCOCCOCCOCCOCCOCCOCCOCCC(C)=O. The van der Waals surface area contributed by atoms with Gasteiger partial charge in [-0.1, -0.05) is 0 Å². The highest BCUT2D eigenvalue weighted by Gasteiger charge is 2.24. The van der Waals surface area contributed by atoms with Crippen molar-refractivity contribution in [1.82, 2.24) is 10.6 Å². The van der Waals surface area contributed by atoms with Crippen LogP contribution in [0.4, 0.5) is 0 Å². The molecule has 0 aromatic carbocycles. The zero-order valence-electron chi connectivity index (χ0n) is 34.0. The normalized spacial score (nSPS) is 11.8. The van der Waals surface area contributed by atoms with Crippen molar-refractivity contribution in [3.05, 3.63) is 0 Å². The molecule has 0 aliphatic heterocycles. The molecule has 0 heterocycles. The number of rotatable bonds is 46. The van der Waals surface area contributed by atoms with Crippen molar-refractivity contribution in [2.45, 2.75) is 26.2 Å². The number of ether oxygens (including phenoxy) is 13. The molecule has 0 bridgehead atoms. The van der Waals surface area contributed by atoms with Crippen LogP contribution in [0.3, 0.4) is 0 Å². The Morgan fingerprint density at radius 1 is 0.446 bits per heavy atom. The summed E-state index contributed by atoms with van der Waals surface area (Å²) in [6.45, 7) is 12.4. The van der Waals surface area contributed by atoms with E-state index in [0.717, 1.165) is 0 Å². The lowest BCUT2D eigenvalue weighted by Gasteiger charge is -2.15. The van der Waals surface area contributed by atoms with Gasteiger partial charge in [0.15, 0.2) is 5.78 Å². The first-order valence-electron chi connectivity index (χ1n) is 19.3. The lowest BCUT2D eigenvalue weighted by Crippen LogP contribution is -2.37. The molecular formula is C37H70N2O17. The maximum atomic E-state index is 12.4. The molecule has 0 spiro atoms. The average Bonchev–Trinajstić information content (AvgIpc) is 3.18. The van der Waals surface area contributed by atoms with E-state index in [-0.39, 0.29) is 56.0 Å². The Balaban J connectivity index is 3.28. The van der Waals surface area contributed by atoms with Gasteiger partial charge in [0, 0.05) is 40.0 Å². The van der Waals surface area contributed by atoms with E-state index in [4.69, 9.17) is 61.6 Å². The highest BCUT2D eigenvalue weighted by Crippen LogP contribution is 2.10. The summed E-state index contributed by atoms with van der Waals surface area (Å²) in [7, 11) is 2.88. The summed E-state index contributed by atoms with van der Waals surface area (Å²) in [5.74, 6) is -1.59. The average molecular weight is 815 g/mol. The summed E-state index contributed by atoms with van der Waals surface area (Å²) in [4.78, 5) is 46.8. The lowest BCUT2D eigenvalue weighted by atomic mass is 9.97. The van der Waals surface area contributed by atoms with Crippen LogP contribution in [0.25, 0.3) is 0 Å². The van der Waals surface area contributed by atoms with Gasteiger partial charge in [0.1, 0.15) is 12.4 Å². The molecule has 0 aliphatic rings. The summed E-state index contributed by atoms with van der Waals surface area (Å²) < 4.78 is 70.1. The second-order valence-electron chi connectivity index (χ2n) is 11.8. The Kier molecular flexibility index (Phi) is 42.1. The van der Waals surface area contributed by atoms with Gasteiger partial charge >= 0.3 is 0 Å². The number of hydrogen-bond acceptors (Lipinski definition) is 17. The van der Waals surface area contributed by atoms with Gasteiger partial charge in [-0.25, -0.2) is 0 Å². The van der Waals surface area contributed by atoms with Crippen LogP contribution in [0.2, 0.25) is 0 Å². The Hall–Kier alpha value is -2.24. The minimum atomic E-state index is -0.764. The third-order valence-corrected chi connectivity index (χ3v) is 7.10. The molecule has 1 atom stereocenters. The van der Waals surface area contributed by atoms with Crippen LogP contribution >= 0.6 is 0 Å². The molecule has 0 fully saturated rings. The maximum absolute atomic E-state index is 12.4. The third kappa shape index (κ3) is 41.4. The van der Waals surface area contributed by atoms with Gasteiger partial charge in [-0.05, 0) is 6.92 Å². The summed E-state index contributed by atoms with van der Waals surface area (Å²) in [6, 6.07) is 0. The Morgan fingerprint density at radius 2 is 0.750 bits per heavy atom. The summed E-state index contributed by atoms with van der Waals surface area (Å²) in [5.41, 5.74) is 0. The molecule has 0 radical (unpaired) electrons. The summed E-state index contributed by atoms with van der Waals surface area (Å²) in [6.07, 6.45) is 0.281. The molecule has 0 saturated heterocycles. The highest BCUT2D eigenvalue weighted by atomic mass is 16.6. The maximum Gasteiger partial charge on any atom is 0.224 e. The van der Waals surface area contributed by atoms with Crippen LogP contribution in [0.5, 0.6) is 0 Å². The fourth-order valence-corrected chi connectivity index (χ4v) is 4.21. The molecule has 0 aromatic rings. The summed E-state index contributed by atoms with van der Waals surface area (Å²) >= 11 is 0. The smallest absolute Gasteiger partial charge is 0.224 e. The molecule has 2 N–H and O–H groups in total. The van der Waals surface area contributed by atoms with E-state index in [2.05, 4.69) is 10.6 Å². The van der Waals surface area contributed by atoms with Crippen molar-refractivity contribution in [3.63, 3.8) is 0 Å². The van der Waals surface area contributed by atoms with Crippen LogP contribution in [0, 0.1) is 5.92 Å². The summed E-state index contributed by atoms with van der Waals surface area (Å²) in [5, 5.41) is 5.16. The number of methoxy groups -OCH3 is 1. The predicted octanol–water partition coefficient (Wildman–Crippen LogP) is -0.361. The predicted molar refractivity (Wildman–Crippen MR) is 202 cm³/mol. The molecular weight excluding hydrogens is 744 g/mol. The first-order chi connectivity index (χ1) is 27.4. The fourth-order valence-electron chi connectivity index (χ4n) is 4.21. The second kappa shape index (κ2) is 43.9. The van der Waals surface area contributed by atoms with Crippen LogP contribution in [0.15, 0.2) is 0 Å². The van der Waals surface area contributed by atoms with Crippen molar-refractivity contribution >= 4 is 23.4 Å². The van der Waals surface area contributed by atoms with Gasteiger partial charge in [0.25, 0.3) is 0 Å². The zero-order valence-corrected chi connectivity index (χ0v) is 34.0. The molecule has 0 saturated carbocycles. The number of carbonyl (C=O) groups excluding carboxylic acids is 4. The number of nitrogens with one attached hydrogen (secondary N) is 2. The van der Waals surface area contributed by atoms with Crippen LogP contribution in [0.1, 0.15) is 26.2 Å². The Labute approximate surface area is 332 Å². The van der Waals surface area contributed by atoms with Crippen molar-refractivity contribution in [2.75, 3.05) is 186 Å². The van der Waals surface area contributed by atoms with E-state index in [1.165, 1.54) is 14.2 Å². The van der Waals surface area contributed by atoms with E-state index >= 15 is 0 Å². The standard InChI is InChI=1S/C37H70N2O17/c1-33(40)4-6-45-8-10-47-12-14-49-16-18-51-20-22-53-24-26-55-28-29-56-27-25-54-23-21-52-19-17-50-15-13-48-11-9-46-7-5-39-37(43)34(31-36(42)38-2)30-35(41)32-44-3/h34H,4-32H2,1-3H3,(H,38,42)(H,39,43)/t34-/m0/s1. The molecule has 0 rings (SSSR count). The molecule has 56 heavy (non-hydrogen) atoms. The molecule has 0 aliphatic carbocycles. The van der Waals surface area contributed by atoms with E-state index in [9.17, 15) is 19.2 Å². The van der Waals surface area contributed by atoms with E-state index in [0.29, 0.717) is 158 Å². The third-order valence-electron chi connectivity index (χ3n) is 7.10. The van der Waals surface area contributed by atoms with Crippen molar-refractivity contribution in [2.24, 2.45) is 5.92 Å². The number of amides is 2. The van der Waals surface area contributed by atoms with Crippen LogP contribution in [-0.2, 0) is 80.8 Å². The largest absolute Gasteiger partial charge is 0.379 e. The van der Waals surface area contributed by atoms with Gasteiger partial charge in [0.05, 0.1) is 164 Å². The topological polar surface area (TPSA) is 212 Å². The van der Waals surface area contributed by atoms with Crippen molar-refractivity contribution in [1.29, 1.82) is 0 Å². The van der Waals surface area contributed by atoms with E-state index in [1.807, 2.05) is 0 Å². The Morgan fingerprint density at radius 3 is 1.04 bits per heavy atom. The quantitative estimate of drug-likeness (QED) is 0.0752. The number of Topliss-reactive ketones (excluding diaryl/α,β-unsaturated/α-hetero) is 2. The number of hydrogen-bond donors (Lipinski definition) is 2. The monoisotopic (exact) mass is 814 g/mol. The van der Waals surface area contributed by atoms with E-state index in [1.54, 1.807) is 6.92 Å². The van der Waals surface area contributed by atoms with Gasteiger partial charge in [-0.15, -0.1) is 0 Å².